The minimum atomic E-state index is -0.141. The van der Waals surface area contributed by atoms with Crippen LogP contribution in [-0.4, -0.2) is 12.6 Å². The zero-order valence-electron chi connectivity index (χ0n) is 8.93. The summed E-state index contributed by atoms with van der Waals surface area (Å²) in [6.07, 6.45) is 5.87. The molecule has 0 unspecified atom stereocenters. The van der Waals surface area contributed by atoms with Gasteiger partial charge in [-0.1, -0.05) is 32.8 Å². The van der Waals surface area contributed by atoms with E-state index in [0.29, 0.717) is 6.61 Å². The van der Waals surface area contributed by atoms with Gasteiger partial charge in [0.25, 0.3) is 0 Å². The summed E-state index contributed by atoms with van der Waals surface area (Å²) in [6.45, 7) is 6.47. The minimum absolute atomic E-state index is 0.141. The van der Waals surface area contributed by atoms with Gasteiger partial charge in [0.05, 0.1) is 6.61 Å². The summed E-state index contributed by atoms with van der Waals surface area (Å²) in [5, 5.41) is 0. The molecule has 0 aromatic rings. The van der Waals surface area contributed by atoms with E-state index in [4.69, 9.17) is 4.74 Å². The van der Waals surface area contributed by atoms with E-state index in [1.54, 1.807) is 0 Å². The predicted octanol–water partition coefficient (Wildman–Crippen LogP) is 3.08. The van der Waals surface area contributed by atoms with Gasteiger partial charge >= 0.3 is 5.97 Å². The second kappa shape index (κ2) is 7.84. The van der Waals surface area contributed by atoms with E-state index < -0.39 is 0 Å². The summed E-state index contributed by atoms with van der Waals surface area (Å²) in [7, 11) is 0. The van der Waals surface area contributed by atoms with Crippen LogP contribution in [0.4, 0.5) is 0 Å². The number of ether oxygens (including phenoxy) is 1. The molecule has 0 heterocycles. The second-order valence-corrected chi connectivity index (χ2v) is 2.99. The van der Waals surface area contributed by atoms with Crippen molar-refractivity contribution in [2.24, 2.45) is 0 Å². The lowest BCUT2D eigenvalue weighted by atomic mass is 10.1. The molecule has 0 rings (SSSR count). The number of allylic oxidation sites excluding steroid dienone is 1. The summed E-state index contributed by atoms with van der Waals surface area (Å²) >= 11 is 0. The summed E-state index contributed by atoms with van der Waals surface area (Å²) in [5.74, 6) is -0.141. The van der Waals surface area contributed by atoms with E-state index >= 15 is 0 Å². The predicted molar refractivity (Wildman–Crippen MR) is 54.5 cm³/mol. The SMILES string of the molecule is CCC/C=C(\CCC)C(=O)OCC. The van der Waals surface area contributed by atoms with Crippen molar-refractivity contribution in [2.45, 2.75) is 46.5 Å². The van der Waals surface area contributed by atoms with Gasteiger partial charge in [0.1, 0.15) is 0 Å². The molecule has 0 spiro atoms. The van der Waals surface area contributed by atoms with Crippen LogP contribution in [0.1, 0.15) is 46.5 Å². The third-order valence-corrected chi connectivity index (χ3v) is 1.74. The van der Waals surface area contributed by atoms with Crippen molar-refractivity contribution >= 4 is 5.97 Å². The first-order valence-electron chi connectivity index (χ1n) is 5.12. The molecule has 0 bridgehead atoms. The molecule has 0 fully saturated rings. The van der Waals surface area contributed by atoms with Crippen molar-refractivity contribution in [3.63, 3.8) is 0 Å². The maximum atomic E-state index is 11.3. The molecule has 0 saturated heterocycles. The standard InChI is InChI=1S/C11H20O2/c1-4-7-9-10(8-5-2)11(12)13-6-3/h9H,4-8H2,1-3H3/b10-9+. The molecule has 0 aliphatic heterocycles. The first-order valence-corrected chi connectivity index (χ1v) is 5.12. The fourth-order valence-corrected chi connectivity index (χ4v) is 1.10. The first-order chi connectivity index (χ1) is 6.26. The van der Waals surface area contributed by atoms with Crippen LogP contribution in [0.3, 0.4) is 0 Å². The molecule has 76 valence electrons. The van der Waals surface area contributed by atoms with Gasteiger partial charge in [-0.05, 0) is 19.8 Å². The summed E-state index contributed by atoms with van der Waals surface area (Å²) in [4.78, 5) is 11.3. The molecular formula is C11H20O2. The number of carbonyl (C=O) groups is 1. The highest BCUT2D eigenvalue weighted by atomic mass is 16.5. The first kappa shape index (κ1) is 12.2. The number of rotatable bonds is 6. The minimum Gasteiger partial charge on any atom is -0.463 e. The molecule has 0 aromatic heterocycles. The van der Waals surface area contributed by atoms with E-state index in [2.05, 4.69) is 13.8 Å². The van der Waals surface area contributed by atoms with Crippen LogP contribution in [-0.2, 0) is 9.53 Å². The highest BCUT2D eigenvalue weighted by molar-refractivity contribution is 5.88. The van der Waals surface area contributed by atoms with Gasteiger partial charge in [0, 0.05) is 5.57 Å². The smallest absolute Gasteiger partial charge is 0.333 e. The van der Waals surface area contributed by atoms with Gasteiger partial charge in [-0.15, -0.1) is 0 Å². The topological polar surface area (TPSA) is 26.3 Å². The van der Waals surface area contributed by atoms with Crippen molar-refractivity contribution in [3.8, 4) is 0 Å². The second-order valence-electron chi connectivity index (χ2n) is 2.99. The Labute approximate surface area is 81.0 Å². The van der Waals surface area contributed by atoms with Crippen LogP contribution >= 0.6 is 0 Å². The van der Waals surface area contributed by atoms with Crippen LogP contribution in [0, 0.1) is 0 Å². The molecule has 0 atom stereocenters. The molecule has 2 nitrogen and oxygen atoms in total. The third kappa shape index (κ3) is 5.45. The quantitative estimate of drug-likeness (QED) is 0.468. The largest absolute Gasteiger partial charge is 0.463 e. The molecule has 0 N–H and O–H groups in total. The third-order valence-electron chi connectivity index (χ3n) is 1.74. The van der Waals surface area contributed by atoms with Gasteiger partial charge in [-0.2, -0.15) is 0 Å². The van der Waals surface area contributed by atoms with E-state index in [9.17, 15) is 4.79 Å². The van der Waals surface area contributed by atoms with Crippen molar-refractivity contribution in [2.75, 3.05) is 6.61 Å². The molecule has 2 heteroatoms. The maximum absolute atomic E-state index is 11.3. The normalized spacial score (nSPS) is 11.5. The van der Waals surface area contributed by atoms with Crippen LogP contribution in [0.2, 0.25) is 0 Å². The lowest BCUT2D eigenvalue weighted by molar-refractivity contribution is -0.138. The Kier molecular flexibility index (Phi) is 7.36. The average molecular weight is 184 g/mol. The Balaban J connectivity index is 4.13. The van der Waals surface area contributed by atoms with E-state index in [-0.39, 0.29) is 5.97 Å². The number of unbranched alkanes of at least 4 members (excludes halogenated alkanes) is 1. The van der Waals surface area contributed by atoms with E-state index in [0.717, 1.165) is 31.3 Å². The lowest BCUT2D eigenvalue weighted by Gasteiger charge is -2.04. The Morgan fingerprint density at radius 3 is 2.38 bits per heavy atom. The Morgan fingerprint density at radius 2 is 1.92 bits per heavy atom. The molecule has 0 saturated carbocycles. The van der Waals surface area contributed by atoms with Crippen LogP contribution in [0.15, 0.2) is 11.6 Å². The molecule has 0 aromatic carbocycles. The van der Waals surface area contributed by atoms with Gasteiger partial charge in [0.15, 0.2) is 0 Å². The zero-order valence-corrected chi connectivity index (χ0v) is 8.93. The van der Waals surface area contributed by atoms with E-state index in [1.807, 2.05) is 13.0 Å². The zero-order chi connectivity index (χ0) is 10.1. The molecule has 0 aliphatic rings. The number of hydrogen-bond acceptors (Lipinski definition) is 2. The van der Waals surface area contributed by atoms with Gasteiger partial charge in [0.2, 0.25) is 0 Å². The summed E-state index contributed by atoms with van der Waals surface area (Å²) < 4.78 is 4.95. The van der Waals surface area contributed by atoms with Crippen molar-refractivity contribution in [1.82, 2.24) is 0 Å². The van der Waals surface area contributed by atoms with Crippen LogP contribution in [0.25, 0.3) is 0 Å². The fourth-order valence-electron chi connectivity index (χ4n) is 1.10. The van der Waals surface area contributed by atoms with E-state index in [1.165, 1.54) is 0 Å². The number of carbonyl (C=O) groups excluding carboxylic acids is 1. The van der Waals surface area contributed by atoms with Crippen molar-refractivity contribution in [1.29, 1.82) is 0 Å². The van der Waals surface area contributed by atoms with Crippen molar-refractivity contribution < 1.29 is 9.53 Å². The van der Waals surface area contributed by atoms with Gasteiger partial charge in [-0.25, -0.2) is 4.79 Å². The molecule has 0 radical (unpaired) electrons. The average Bonchev–Trinajstić information content (AvgIpc) is 2.12. The lowest BCUT2D eigenvalue weighted by Crippen LogP contribution is -2.07. The summed E-state index contributed by atoms with van der Waals surface area (Å²) in [5.41, 5.74) is 0.839. The fraction of sp³-hybridized carbons (Fsp3) is 0.727. The number of esters is 1. The number of hydrogen-bond donors (Lipinski definition) is 0. The highest BCUT2D eigenvalue weighted by Crippen LogP contribution is 2.09. The molecule has 13 heavy (non-hydrogen) atoms. The maximum Gasteiger partial charge on any atom is 0.333 e. The molecule has 0 amide bonds. The van der Waals surface area contributed by atoms with Crippen LogP contribution < -0.4 is 0 Å². The molecule has 0 aliphatic carbocycles. The summed E-state index contributed by atoms with van der Waals surface area (Å²) in [6, 6.07) is 0. The monoisotopic (exact) mass is 184 g/mol. The van der Waals surface area contributed by atoms with Gasteiger partial charge < -0.3 is 4.74 Å². The Morgan fingerprint density at radius 1 is 1.23 bits per heavy atom. The Bertz CT molecular complexity index is 171. The van der Waals surface area contributed by atoms with Gasteiger partial charge in [-0.3, -0.25) is 0 Å². The van der Waals surface area contributed by atoms with Crippen LogP contribution in [0.5, 0.6) is 0 Å². The Hall–Kier alpha value is -0.790. The highest BCUT2D eigenvalue weighted by Gasteiger charge is 2.07. The molecular weight excluding hydrogens is 164 g/mol. The van der Waals surface area contributed by atoms with Crippen molar-refractivity contribution in [3.05, 3.63) is 11.6 Å².